The summed E-state index contributed by atoms with van der Waals surface area (Å²) in [4.78, 5) is 22.1. The number of aromatic amines is 1. The molecular formula is C20H17F2N3O3. The molecule has 1 unspecified atom stereocenters. The minimum atomic E-state index is -2.96. The number of nitrogens with zero attached hydrogens (tertiary/aromatic N) is 2. The van der Waals surface area contributed by atoms with Crippen LogP contribution in [-0.2, 0) is 6.54 Å². The largest absolute Gasteiger partial charge is 0.508 e. The number of aromatic hydroxyl groups is 1. The molecule has 4 rings (SSSR count). The highest BCUT2D eigenvalue weighted by molar-refractivity contribution is 5.94. The van der Waals surface area contributed by atoms with E-state index >= 15 is 0 Å². The number of carbonyl (C=O) groups is 1. The van der Waals surface area contributed by atoms with E-state index < -0.39 is 6.61 Å². The van der Waals surface area contributed by atoms with Crippen LogP contribution in [0.3, 0.4) is 0 Å². The Hall–Kier alpha value is -3.42. The normalized spacial score (nSPS) is 16.1. The number of nitrogens with one attached hydrogen (secondary N) is 1. The van der Waals surface area contributed by atoms with Crippen LogP contribution in [0, 0.1) is 0 Å². The molecule has 1 atom stereocenters. The Labute approximate surface area is 159 Å². The first-order valence-electron chi connectivity index (χ1n) is 8.66. The average Bonchev–Trinajstić information content (AvgIpc) is 3.15. The molecule has 3 aromatic rings. The molecule has 0 bridgehead atoms. The minimum Gasteiger partial charge on any atom is -0.508 e. The minimum absolute atomic E-state index is 0.0652. The number of phenols is 1. The van der Waals surface area contributed by atoms with Crippen molar-refractivity contribution < 1.29 is 23.4 Å². The highest BCUT2D eigenvalue weighted by Gasteiger charge is 2.32. The third kappa shape index (κ3) is 3.53. The molecule has 2 heterocycles. The molecule has 8 heteroatoms. The summed E-state index contributed by atoms with van der Waals surface area (Å²) in [6, 6.07) is 12.6. The van der Waals surface area contributed by atoms with Gasteiger partial charge < -0.3 is 19.7 Å². The maximum absolute atomic E-state index is 13.0. The molecule has 144 valence electrons. The number of phenolic OH excluding ortho intramolecular Hbond substituents is 1. The van der Waals surface area contributed by atoms with Crippen molar-refractivity contribution in [3.63, 3.8) is 0 Å². The maximum atomic E-state index is 13.0. The summed E-state index contributed by atoms with van der Waals surface area (Å²) in [6.07, 6.45) is 1.57. The summed E-state index contributed by atoms with van der Waals surface area (Å²) in [5.41, 5.74) is 2.72. The predicted molar refractivity (Wildman–Crippen MR) is 96.4 cm³/mol. The number of halogens is 2. The number of ether oxygens (including phenoxy) is 1. The SMILES string of the molecule is O=C(c1cccc(OC(F)F)c1)N1Cc2[nH]cnc2C(c2cccc(O)c2)C1. The number of fused-ring (bicyclic) bond motifs is 1. The number of H-pyrrole nitrogens is 1. The summed E-state index contributed by atoms with van der Waals surface area (Å²) < 4.78 is 29.3. The molecule has 28 heavy (non-hydrogen) atoms. The molecule has 0 spiro atoms. The fourth-order valence-electron chi connectivity index (χ4n) is 3.47. The number of benzene rings is 2. The van der Waals surface area contributed by atoms with Gasteiger partial charge in [-0.1, -0.05) is 18.2 Å². The van der Waals surface area contributed by atoms with E-state index in [0.717, 1.165) is 17.0 Å². The number of rotatable bonds is 4. The molecule has 6 nitrogen and oxygen atoms in total. The third-order valence-corrected chi connectivity index (χ3v) is 4.70. The van der Waals surface area contributed by atoms with Crippen molar-refractivity contribution in [1.29, 1.82) is 0 Å². The van der Waals surface area contributed by atoms with Gasteiger partial charge in [0.2, 0.25) is 0 Å². The monoisotopic (exact) mass is 385 g/mol. The van der Waals surface area contributed by atoms with Crippen molar-refractivity contribution in [3.8, 4) is 11.5 Å². The van der Waals surface area contributed by atoms with Crippen molar-refractivity contribution in [3.05, 3.63) is 77.4 Å². The molecule has 0 fully saturated rings. The number of alkyl halides is 2. The standard InChI is InChI=1S/C20H17F2N3O3/c21-20(22)28-15-6-2-4-13(8-15)19(27)25-9-16(12-3-1-5-14(26)7-12)18-17(10-25)23-11-24-18/h1-8,11,16,20,26H,9-10H2,(H,23,24). The molecule has 0 saturated heterocycles. The van der Waals surface area contributed by atoms with Crippen LogP contribution >= 0.6 is 0 Å². The summed E-state index contributed by atoms with van der Waals surface area (Å²) in [6.45, 7) is -2.29. The van der Waals surface area contributed by atoms with Gasteiger partial charge in [0.05, 0.1) is 24.3 Å². The lowest BCUT2D eigenvalue weighted by molar-refractivity contribution is -0.0499. The van der Waals surface area contributed by atoms with E-state index in [1.54, 1.807) is 35.5 Å². The van der Waals surface area contributed by atoms with Gasteiger partial charge in [-0.2, -0.15) is 8.78 Å². The smallest absolute Gasteiger partial charge is 0.387 e. The van der Waals surface area contributed by atoms with E-state index in [0.29, 0.717) is 13.1 Å². The molecule has 0 aliphatic carbocycles. The summed E-state index contributed by atoms with van der Waals surface area (Å²) in [5, 5.41) is 9.81. The molecule has 0 radical (unpaired) electrons. The highest BCUT2D eigenvalue weighted by atomic mass is 19.3. The lowest BCUT2D eigenvalue weighted by Crippen LogP contribution is -2.38. The average molecular weight is 385 g/mol. The van der Waals surface area contributed by atoms with Gasteiger partial charge in [-0.3, -0.25) is 4.79 Å². The van der Waals surface area contributed by atoms with Crippen LogP contribution in [-0.4, -0.2) is 39.0 Å². The van der Waals surface area contributed by atoms with E-state index in [-0.39, 0.29) is 28.9 Å². The second-order valence-electron chi connectivity index (χ2n) is 6.51. The second kappa shape index (κ2) is 7.30. The van der Waals surface area contributed by atoms with Crippen molar-refractivity contribution >= 4 is 5.91 Å². The van der Waals surface area contributed by atoms with Crippen molar-refractivity contribution in [1.82, 2.24) is 14.9 Å². The summed E-state index contributed by atoms with van der Waals surface area (Å²) in [5.74, 6) is -0.448. The second-order valence-corrected chi connectivity index (χ2v) is 6.51. The van der Waals surface area contributed by atoms with Crippen LogP contribution < -0.4 is 4.74 Å². The Bertz CT molecular complexity index is 1010. The Kier molecular flexibility index (Phi) is 4.68. The Morgan fingerprint density at radius 1 is 1.25 bits per heavy atom. The van der Waals surface area contributed by atoms with E-state index in [1.807, 2.05) is 6.07 Å². The summed E-state index contributed by atoms with van der Waals surface area (Å²) in [7, 11) is 0. The molecule has 1 aliphatic heterocycles. The molecule has 2 N–H and O–H groups in total. The zero-order valence-corrected chi connectivity index (χ0v) is 14.7. The van der Waals surface area contributed by atoms with Crippen LogP contribution in [0.4, 0.5) is 8.78 Å². The quantitative estimate of drug-likeness (QED) is 0.721. The lowest BCUT2D eigenvalue weighted by atomic mass is 9.90. The molecular weight excluding hydrogens is 368 g/mol. The number of hydrogen-bond acceptors (Lipinski definition) is 4. The van der Waals surface area contributed by atoms with Crippen molar-refractivity contribution in [2.45, 2.75) is 19.1 Å². The van der Waals surface area contributed by atoms with Gasteiger partial charge in [0.25, 0.3) is 5.91 Å². The van der Waals surface area contributed by atoms with Crippen molar-refractivity contribution in [2.24, 2.45) is 0 Å². The zero-order chi connectivity index (χ0) is 19.7. The van der Waals surface area contributed by atoms with Gasteiger partial charge in [0.1, 0.15) is 11.5 Å². The first-order valence-corrected chi connectivity index (χ1v) is 8.66. The van der Waals surface area contributed by atoms with Crippen molar-refractivity contribution in [2.75, 3.05) is 6.54 Å². The predicted octanol–water partition coefficient (Wildman–Crippen LogP) is 3.50. The van der Waals surface area contributed by atoms with Crippen LogP contribution in [0.1, 0.15) is 33.2 Å². The summed E-state index contributed by atoms with van der Waals surface area (Å²) >= 11 is 0. The Morgan fingerprint density at radius 3 is 2.86 bits per heavy atom. The van der Waals surface area contributed by atoms with E-state index in [1.165, 1.54) is 18.2 Å². The third-order valence-electron chi connectivity index (χ3n) is 4.70. The van der Waals surface area contributed by atoms with Crippen LogP contribution in [0.15, 0.2) is 54.9 Å². The van der Waals surface area contributed by atoms with Gasteiger partial charge >= 0.3 is 6.61 Å². The lowest BCUT2D eigenvalue weighted by Gasteiger charge is -2.32. The van der Waals surface area contributed by atoms with Gasteiger partial charge in [0, 0.05) is 18.0 Å². The number of carbonyl (C=O) groups excluding carboxylic acids is 1. The van der Waals surface area contributed by atoms with Crippen LogP contribution in [0.2, 0.25) is 0 Å². The number of hydrogen-bond donors (Lipinski definition) is 2. The number of imidazole rings is 1. The van der Waals surface area contributed by atoms with Gasteiger partial charge in [0.15, 0.2) is 0 Å². The Morgan fingerprint density at radius 2 is 2.07 bits per heavy atom. The zero-order valence-electron chi connectivity index (χ0n) is 14.7. The number of aromatic nitrogens is 2. The first kappa shape index (κ1) is 18.0. The van der Waals surface area contributed by atoms with Gasteiger partial charge in [-0.05, 0) is 35.9 Å². The fourth-order valence-corrected chi connectivity index (χ4v) is 3.47. The van der Waals surface area contributed by atoms with E-state index in [2.05, 4.69) is 14.7 Å². The molecule has 1 aliphatic rings. The Balaban J connectivity index is 1.63. The maximum Gasteiger partial charge on any atom is 0.387 e. The molecule has 1 aromatic heterocycles. The molecule has 2 aromatic carbocycles. The fraction of sp³-hybridized carbons (Fsp3) is 0.200. The topological polar surface area (TPSA) is 78.5 Å². The highest BCUT2D eigenvalue weighted by Crippen LogP contribution is 2.33. The number of amides is 1. The first-order chi connectivity index (χ1) is 13.5. The van der Waals surface area contributed by atoms with E-state index in [4.69, 9.17) is 0 Å². The molecule has 1 amide bonds. The van der Waals surface area contributed by atoms with Gasteiger partial charge in [-0.15, -0.1) is 0 Å². The molecule has 0 saturated carbocycles. The van der Waals surface area contributed by atoms with E-state index in [9.17, 15) is 18.7 Å². The van der Waals surface area contributed by atoms with Crippen LogP contribution in [0.5, 0.6) is 11.5 Å². The van der Waals surface area contributed by atoms with Gasteiger partial charge in [-0.25, -0.2) is 4.98 Å². The van der Waals surface area contributed by atoms with Crippen LogP contribution in [0.25, 0.3) is 0 Å².